The average molecular weight is 511 g/mol. The van der Waals surface area contributed by atoms with Crippen molar-refractivity contribution in [1.82, 2.24) is 9.97 Å². The molecule has 198 valence electrons. The lowest BCUT2D eigenvalue weighted by molar-refractivity contribution is -0.140. The van der Waals surface area contributed by atoms with E-state index in [1.165, 1.54) is 13.3 Å². The van der Waals surface area contributed by atoms with Gasteiger partial charge in [0.25, 0.3) is 0 Å². The molecule has 0 fully saturated rings. The molecule has 0 saturated carbocycles. The molecule has 0 saturated heterocycles. The first-order valence-corrected chi connectivity index (χ1v) is 11.4. The van der Waals surface area contributed by atoms with Crippen LogP contribution in [0.5, 0.6) is 0 Å². The summed E-state index contributed by atoms with van der Waals surface area (Å²) >= 11 is 1.60. The molecule has 4 atom stereocenters. The van der Waals surface area contributed by atoms with Gasteiger partial charge in [-0.2, -0.15) is 11.8 Å². The first kappa shape index (κ1) is 35.9. The summed E-state index contributed by atoms with van der Waals surface area (Å²) in [5.41, 5.74) is 21.1. The number of carbonyl (C=O) groups is 4. The predicted molar refractivity (Wildman–Crippen MR) is 128 cm³/mol. The molecule has 0 aliphatic rings. The van der Waals surface area contributed by atoms with Gasteiger partial charge in [0.1, 0.15) is 24.2 Å². The van der Waals surface area contributed by atoms with E-state index in [0.29, 0.717) is 12.1 Å². The summed E-state index contributed by atoms with van der Waals surface area (Å²) in [4.78, 5) is 46.5. The quantitative estimate of drug-likeness (QED) is 0.182. The summed E-state index contributed by atoms with van der Waals surface area (Å²) in [6.45, 7) is 4.97. The minimum absolute atomic E-state index is 0.0208. The maximum Gasteiger partial charge on any atom is 0.320 e. The third kappa shape index (κ3) is 22.5. The van der Waals surface area contributed by atoms with Crippen LogP contribution in [0.2, 0.25) is 0 Å². The standard InChI is InChI=1S/C6H9N3O2.C5H11NO2S.C5H11NO2.C3H7NO2/c7-5(6(10)11)1-4-2-8-3-9-4;1-9-3-2-4(6)5(7)8;1-3(2)4(6)5(7)8;1-2(4)3(5)6/h2-3,5H,1,7H2,(H,8,9)(H,10,11);4H,2-3,6H2,1H3,(H,7,8);3-4H,6H2,1-2H3,(H,7,8);2H,4H2,1H3,(H,5,6)/t5-;2*4-;2-/m0000/s1. The highest BCUT2D eigenvalue weighted by Crippen LogP contribution is 1.98. The van der Waals surface area contributed by atoms with Gasteiger partial charge in [-0.3, -0.25) is 19.2 Å². The second-order valence-electron chi connectivity index (χ2n) is 7.17. The Labute approximate surface area is 202 Å². The molecular formula is C19H38N6O8S. The second-order valence-corrected chi connectivity index (χ2v) is 8.16. The Morgan fingerprint density at radius 3 is 1.62 bits per heavy atom. The third-order valence-corrected chi connectivity index (χ3v) is 4.29. The number of nitrogens with two attached hydrogens (primary N) is 4. The van der Waals surface area contributed by atoms with Crippen molar-refractivity contribution in [2.75, 3.05) is 12.0 Å². The van der Waals surface area contributed by atoms with E-state index < -0.39 is 48.0 Å². The van der Waals surface area contributed by atoms with Gasteiger partial charge in [-0.05, 0) is 31.3 Å². The van der Waals surface area contributed by atoms with Crippen molar-refractivity contribution in [2.45, 2.75) is 57.8 Å². The Balaban J connectivity index is -0.000000386. The second kappa shape index (κ2) is 20.9. The van der Waals surface area contributed by atoms with Gasteiger partial charge in [0.2, 0.25) is 0 Å². The van der Waals surface area contributed by atoms with E-state index in [-0.39, 0.29) is 12.3 Å². The van der Waals surface area contributed by atoms with Crippen LogP contribution in [0.1, 0.15) is 32.9 Å². The zero-order chi connectivity index (χ0) is 27.4. The number of hydrogen-bond donors (Lipinski definition) is 9. The zero-order valence-electron chi connectivity index (χ0n) is 19.7. The molecular weight excluding hydrogens is 472 g/mol. The van der Waals surface area contributed by atoms with Crippen molar-refractivity contribution >= 4 is 35.6 Å². The van der Waals surface area contributed by atoms with E-state index in [1.54, 1.807) is 31.8 Å². The molecule has 0 unspecified atom stereocenters. The Morgan fingerprint density at radius 2 is 1.38 bits per heavy atom. The summed E-state index contributed by atoms with van der Waals surface area (Å²) in [5.74, 6) is -2.98. The SMILES string of the molecule is CC(C)[C@H](N)C(=O)O.CSCC[C@H](N)C(=O)O.C[C@H](N)C(=O)O.N[C@@H](Cc1c[nH]cn1)C(=O)O. The fourth-order valence-electron chi connectivity index (χ4n) is 1.37. The number of carboxylic acids is 4. The largest absolute Gasteiger partial charge is 0.480 e. The van der Waals surface area contributed by atoms with Crippen LogP contribution in [0.3, 0.4) is 0 Å². The average Bonchev–Trinajstić information content (AvgIpc) is 3.25. The normalized spacial score (nSPS) is 13.3. The van der Waals surface area contributed by atoms with Crippen LogP contribution in [0.25, 0.3) is 0 Å². The highest BCUT2D eigenvalue weighted by molar-refractivity contribution is 7.98. The van der Waals surface area contributed by atoms with Crippen LogP contribution in [0, 0.1) is 5.92 Å². The molecule has 0 radical (unpaired) electrons. The van der Waals surface area contributed by atoms with Crippen molar-refractivity contribution in [1.29, 1.82) is 0 Å². The van der Waals surface area contributed by atoms with Crippen LogP contribution in [-0.4, -0.2) is 90.4 Å². The highest BCUT2D eigenvalue weighted by Gasteiger charge is 2.14. The summed E-state index contributed by atoms with van der Waals surface area (Å²) in [5, 5.41) is 32.8. The lowest BCUT2D eigenvalue weighted by Gasteiger charge is -2.07. The van der Waals surface area contributed by atoms with E-state index in [2.05, 4.69) is 9.97 Å². The number of H-pyrrole nitrogens is 1. The Morgan fingerprint density at radius 1 is 0.912 bits per heavy atom. The number of aromatic nitrogens is 2. The van der Waals surface area contributed by atoms with Gasteiger partial charge in [-0.25, -0.2) is 4.98 Å². The molecule has 1 aromatic rings. The number of aromatic amines is 1. The van der Waals surface area contributed by atoms with Gasteiger partial charge in [-0.15, -0.1) is 0 Å². The van der Waals surface area contributed by atoms with E-state index in [1.807, 2.05) is 6.26 Å². The van der Waals surface area contributed by atoms with Crippen LogP contribution in [0.15, 0.2) is 12.5 Å². The topological polar surface area (TPSA) is 282 Å². The minimum atomic E-state index is -1.01. The third-order valence-electron chi connectivity index (χ3n) is 3.64. The van der Waals surface area contributed by atoms with Gasteiger partial charge in [-0.1, -0.05) is 13.8 Å². The van der Waals surface area contributed by atoms with Crippen molar-refractivity contribution in [3.05, 3.63) is 18.2 Å². The number of rotatable bonds is 10. The van der Waals surface area contributed by atoms with E-state index >= 15 is 0 Å². The molecule has 13 N–H and O–H groups in total. The molecule has 0 spiro atoms. The fourth-order valence-corrected chi connectivity index (χ4v) is 1.86. The Bertz CT molecular complexity index is 703. The molecule has 14 nitrogen and oxygen atoms in total. The van der Waals surface area contributed by atoms with Crippen LogP contribution in [0.4, 0.5) is 0 Å². The maximum absolute atomic E-state index is 10.3. The molecule has 34 heavy (non-hydrogen) atoms. The first-order chi connectivity index (χ1) is 15.6. The van der Waals surface area contributed by atoms with Gasteiger partial charge in [0, 0.05) is 12.6 Å². The van der Waals surface area contributed by atoms with Crippen molar-refractivity contribution in [3.8, 4) is 0 Å². The van der Waals surface area contributed by atoms with Crippen LogP contribution >= 0.6 is 11.8 Å². The van der Waals surface area contributed by atoms with Crippen molar-refractivity contribution in [3.63, 3.8) is 0 Å². The monoisotopic (exact) mass is 510 g/mol. The van der Waals surface area contributed by atoms with Crippen LogP contribution in [-0.2, 0) is 25.6 Å². The van der Waals surface area contributed by atoms with E-state index in [0.717, 1.165) is 5.75 Å². The first-order valence-electron chi connectivity index (χ1n) is 9.98. The summed E-state index contributed by atoms with van der Waals surface area (Å²) in [6.07, 6.45) is 5.86. The fraction of sp³-hybridized carbons (Fsp3) is 0.632. The zero-order valence-corrected chi connectivity index (χ0v) is 20.6. The molecule has 1 aromatic heterocycles. The van der Waals surface area contributed by atoms with Crippen molar-refractivity contribution < 1.29 is 39.6 Å². The number of nitrogens with zero attached hydrogens (tertiary/aromatic N) is 1. The number of imidazole rings is 1. The van der Waals surface area contributed by atoms with Gasteiger partial charge >= 0.3 is 23.9 Å². The number of thioether (sulfide) groups is 1. The van der Waals surface area contributed by atoms with Gasteiger partial charge < -0.3 is 48.3 Å². The molecule has 0 bridgehead atoms. The van der Waals surface area contributed by atoms with Crippen LogP contribution < -0.4 is 22.9 Å². The molecule has 0 amide bonds. The molecule has 1 rings (SSSR count). The number of hydrogen-bond acceptors (Lipinski definition) is 10. The van der Waals surface area contributed by atoms with E-state index in [9.17, 15) is 19.2 Å². The van der Waals surface area contributed by atoms with Gasteiger partial charge in [0.05, 0.1) is 12.0 Å². The summed E-state index contributed by atoms with van der Waals surface area (Å²) < 4.78 is 0. The lowest BCUT2D eigenvalue weighted by Crippen LogP contribution is -2.34. The molecule has 0 aliphatic carbocycles. The number of aliphatic carboxylic acids is 4. The number of nitrogens with one attached hydrogen (secondary N) is 1. The number of carboxylic acid groups (broad SMARTS) is 4. The predicted octanol–water partition coefficient (Wildman–Crippen LogP) is -1.01. The lowest BCUT2D eigenvalue weighted by atomic mass is 10.1. The molecule has 0 aromatic carbocycles. The smallest absolute Gasteiger partial charge is 0.320 e. The highest BCUT2D eigenvalue weighted by atomic mass is 32.2. The summed E-state index contributed by atoms with van der Waals surface area (Å²) in [7, 11) is 0. The Kier molecular flexibility index (Phi) is 22.0. The van der Waals surface area contributed by atoms with Gasteiger partial charge in [0.15, 0.2) is 0 Å². The summed E-state index contributed by atoms with van der Waals surface area (Å²) in [6, 6.07) is -2.99. The minimum Gasteiger partial charge on any atom is -0.480 e. The maximum atomic E-state index is 10.3. The van der Waals surface area contributed by atoms with E-state index in [4.69, 9.17) is 43.4 Å². The molecule has 0 aliphatic heterocycles. The van der Waals surface area contributed by atoms with Crippen molar-refractivity contribution in [2.24, 2.45) is 28.9 Å². The molecule has 1 heterocycles. The molecule has 15 heteroatoms. The Hall–Kier alpha value is -2.72.